The molecule has 0 saturated heterocycles. The van der Waals surface area contributed by atoms with Crippen molar-refractivity contribution in [2.45, 2.75) is 19.4 Å². The van der Waals surface area contributed by atoms with Gasteiger partial charge in [0, 0.05) is 23.4 Å². The standard InChI is InChI=1S/C18H20N6O3/c1-5-8-23-10(2)14-15(17(23)25)19-18-20-21-22-24(18)16(14)12-9-11(26-3)6-7-13(12)27-4/h6-7,9,16H,2,5,8H2,1,3-4H3,(H,19,20,22). The van der Waals surface area contributed by atoms with Crippen molar-refractivity contribution in [1.29, 1.82) is 0 Å². The molecule has 0 spiro atoms. The first-order valence-electron chi connectivity index (χ1n) is 8.62. The van der Waals surface area contributed by atoms with Crippen LogP contribution in [0.5, 0.6) is 11.5 Å². The van der Waals surface area contributed by atoms with Gasteiger partial charge in [-0.3, -0.25) is 4.79 Å². The average Bonchev–Trinajstić information content (AvgIpc) is 3.25. The Morgan fingerprint density at radius 3 is 2.81 bits per heavy atom. The number of nitrogens with one attached hydrogen (secondary N) is 1. The van der Waals surface area contributed by atoms with E-state index in [0.29, 0.717) is 35.4 Å². The summed E-state index contributed by atoms with van der Waals surface area (Å²) in [5.74, 6) is 1.58. The van der Waals surface area contributed by atoms with Crippen molar-refractivity contribution in [1.82, 2.24) is 25.1 Å². The van der Waals surface area contributed by atoms with Crippen LogP contribution in [0.15, 0.2) is 41.7 Å². The zero-order valence-corrected chi connectivity index (χ0v) is 15.4. The van der Waals surface area contributed by atoms with Crippen molar-refractivity contribution in [3.63, 3.8) is 0 Å². The number of methoxy groups -OCH3 is 2. The number of rotatable bonds is 5. The van der Waals surface area contributed by atoms with Crippen molar-refractivity contribution in [2.24, 2.45) is 0 Å². The fourth-order valence-electron chi connectivity index (χ4n) is 3.56. The van der Waals surface area contributed by atoms with Gasteiger partial charge in [0.15, 0.2) is 0 Å². The SMILES string of the molecule is C=C1C2=C(Nc3nnnn3C2c2cc(OC)ccc2OC)C(=O)N1CCC. The Kier molecular flexibility index (Phi) is 4.06. The number of carbonyl (C=O) groups excluding carboxylic acids is 1. The topological polar surface area (TPSA) is 94.4 Å². The molecule has 1 amide bonds. The second-order valence-electron chi connectivity index (χ2n) is 6.27. The molecule has 27 heavy (non-hydrogen) atoms. The summed E-state index contributed by atoms with van der Waals surface area (Å²) in [6, 6.07) is 5.04. The molecule has 1 aromatic heterocycles. The quantitative estimate of drug-likeness (QED) is 0.859. The predicted octanol–water partition coefficient (Wildman–Crippen LogP) is 1.73. The summed E-state index contributed by atoms with van der Waals surface area (Å²) in [4.78, 5) is 14.6. The molecule has 0 fully saturated rings. The van der Waals surface area contributed by atoms with E-state index in [0.717, 1.165) is 17.6 Å². The zero-order valence-electron chi connectivity index (χ0n) is 15.4. The molecule has 0 radical (unpaired) electrons. The van der Waals surface area contributed by atoms with E-state index in [1.807, 2.05) is 25.1 Å². The highest BCUT2D eigenvalue weighted by atomic mass is 16.5. The number of hydrogen-bond acceptors (Lipinski definition) is 7. The van der Waals surface area contributed by atoms with Crippen LogP contribution in [0.2, 0.25) is 0 Å². The van der Waals surface area contributed by atoms with Crippen LogP contribution in [0.1, 0.15) is 24.9 Å². The molecular weight excluding hydrogens is 348 g/mol. The Balaban J connectivity index is 1.92. The number of allylic oxidation sites excluding steroid dienone is 1. The van der Waals surface area contributed by atoms with Gasteiger partial charge in [-0.05, 0) is 35.0 Å². The Hall–Kier alpha value is -3.36. The van der Waals surface area contributed by atoms with Gasteiger partial charge in [0.1, 0.15) is 23.2 Å². The first kappa shape index (κ1) is 17.1. The minimum Gasteiger partial charge on any atom is -0.497 e. The number of amides is 1. The van der Waals surface area contributed by atoms with E-state index in [-0.39, 0.29) is 5.91 Å². The lowest BCUT2D eigenvalue weighted by Crippen LogP contribution is -2.28. The normalized spacial score (nSPS) is 18.3. The number of hydrogen-bond donors (Lipinski definition) is 1. The van der Waals surface area contributed by atoms with Gasteiger partial charge in [-0.1, -0.05) is 18.6 Å². The molecule has 1 atom stereocenters. The number of ether oxygens (including phenoxy) is 2. The second-order valence-corrected chi connectivity index (χ2v) is 6.27. The van der Waals surface area contributed by atoms with Gasteiger partial charge in [-0.15, -0.1) is 0 Å². The van der Waals surface area contributed by atoms with Crippen molar-refractivity contribution >= 4 is 11.9 Å². The molecule has 2 aliphatic heterocycles. The molecule has 0 saturated carbocycles. The molecule has 0 aliphatic carbocycles. The van der Waals surface area contributed by atoms with E-state index < -0.39 is 6.04 Å². The fourth-order valence-corrected chi connectivity index (χ4v) is 3.56. The number of anilines is 1. The fraction of sp³-hybridized carbons (Fsp3) is 0.333. The average molecular weight is 368 g/mol. The van der Waals surface area contributed by atoms with Crippen LogP contribution >= 0.6 is 0 Å². The minimum absolute atomic E-state index is 0.127. The number of fused-ring (bicyclic) bond motifs is 1. The van der Waals surface area contributed by atoms with E-state index in [9.17, 15) is 4.79 Å². The lowest BCUT2D eigenvalue weighted by atomic mass is 9.94. The van der Waals surface area contributed by atoms with Crippen LogP contribution in [0.25, 0.3) is 0 Å². The molecule has 3 heterocycles. The summed E-state index contributed by atoms with van der Waals surface area (Å²) in [5.41, 5.74) is 2.61. The molecule has 2 aromatic rings. The summed E-state index contributed by atoms with van der Waals surface area (Å²) in [6.07, 6.45) is 0.822. The molecule has 140 valence electrons. The van der Waals surface area contributed by atoms with Crippen LogP contribution in [0, 0.1) is 0 Å². The Morgan fingerprint density at radius 1 is 1.30 bits per heavy atom. The van der Waals surface area contributed by atoms with Crippen LogP contribution < -0.4 is 14.8 Å². The maximum Gasteiger partial charge on any atom is 0.275 e. The van der Waals surface area contributed by atoms with Crippen LogP contribution in [0.4, 0.5) is 5.95 Å². The predicted molar refractivity (Wildman–Crippen MR) is 97.3 cm³/mol. The number of benzene rings is 1. The molecule has 1 N–H and O–H groups in total. The number of nitrogens with zero attached hydrogens (tertiary/aromatic N) is 5. The second kappa shape index (κ2) is 6.42. The largest absolute Gasteiger partial charge is 0.497 e. The third kappa shape index (κ3) is 2.46. The number of aromatic nitrogens is 4. The Bertz CT molecular complexity index is 964. The Morgan fingerprint density at radius 2 is 2.11 bits per heavy atom. The van der Waals surface area contributed by atoms with Gasteiger partial charge in [-0.25, -0.2) is 0 Å². The van der Waals surface area contributed by atoms with Gasteiger partial charge >= 0.3 is 0 Å². The molecule has 0 bridgehead atoms. The molecular formula is C18H20N6O3. The minimum atomic E-state index is -0.463. The summed E-state index contributed by atoms with van der Waals surface area (Å²) < 4.78 is 12.6. The van der Waals surface area contributed by atoms with Gasteiger partial charge < -0.3 is 19.7 Å². The van der Waals surface area contributed by atoms with Crippen molar-refractivity contribution in [3.8, 4) is 11.5 Å². The van der Waals surface area contributed by atoms with E-state index in [4.69, 9.17) is 9.47 Å². The van der Waals surface area contributed by atoms with Crippen LogP contribution in [-0.4, -0.2) is 51.8 Å². The van der Waals surface area contributed by atoms with Crippen LogP contribution in [-0.2, 0) is 4.79 Å². The van der Waals surface area contributed by atoms with Gasteiger partial charge in [0.25, 0.3) is 5.91 Å². The van der Waals surface area contributed by atoms with E-state index in [1.165, 1.54) is 0 Å². The Labute approximate surface area is 156 Å². The third-order valence-electron chi connectivity index (χ3n) is 4.79. The summed E-state index contributed by atoms with van der Waals surface area (Å²) >= 11 is 0. The van der Waals surface area contributed by atoms with Gasteiger partial charge in [0.05, 0.1) is 14.2 Å². The maximum atomic E-state index is 12.9. The van der Waals surface area contributed by atoms with Crippen molar-refractivity contribution < 1.29 is 14.3 Å². The zero-order chi connectivity index (χ0) is 19.1. The van der Waals surface area contributed by atoms with E-state index in [1.54, 1.807) is 23.8 Å². The molecule has 9 heteroatoms. The lowest BCUT2D eigenvalue weighted by Gasteiger charge is -2.27. The number of carbonyl (C=O) groups is 1. The van der Waals surface area contributed by atoms with Crippen molar-refractivity contribution in [2.75, 3.05) is 26.1 Å². The maximum absolute atomic E-state index is 12.9. The van der Waals surface area contributed by atoms with Gasteiger partial charge in [0.2, 0.25) is 5.95 Å². The highest BCUT2D eigenvalue weighted by Crippen LogP contribution is 2.46. The molecule has 1 aromatic carbocycles. The number of tetrazole rings is 1. The first-order chi connectivity index (χ1) is 13.1. The highest BCUT2D eigenvalue weighted by Gasteiger charge is 2.44. The lowest BCUT2D eigenvalue weighted by molar-refractivity contribution is -0.124. The molecule has 4 rings (SSSR count). The molecule has 2 aliphatic rings. The van der Waals surface area contributed by atoms with E-state index >= 15 is 0 Å². The van der Waals surface area contributed by atoms with Crippen molar-refractivity contribution in [3.05, 3.63) is 47.3 Å². The van der Waals surface area contributed by atoms with Gasteiger partial charge in [-0.2, -0.15) is 4.68 Å². The summed E-state index contributed by atoms with van der Waals surface area (Å²) in [7, 11) is 3.20. The third-order valence-corrected chi connectivity index (χ3v) is 4.79. The monoisotopic (exact) mass is 368 g/mol. The molecule has 9 nitrogen and oxygen atoms in total. The summed E-state index contributed by atoms with van der Waals surface area (Å²) in [5, 5.41) is 14.9. The smallest absolute Gasteiger partial charge is 0.275 e. The molecule has 1 unspecified atom stereocenters. The highest BCUT2D eigenvalue weighted by molar-refractivity contribution is 6.03. The first-order valence-corrected chi connectivity index (χ1v) is 8.62. The summed E-state index contributed by atoms with van der Waals surface area (Å²) in [6.45, 7) is 6.78. The van der Waals surface area contributed by atoms with Crippen LogP contribution in [0.3, 0.4) is 0 Å². The van der Waals surface area contributed by atoms with E-state index in [2.05, 4.69) is 27.4 Å².